The predicted molar refractivity (Wildman–Crippen MR) is 127 cm³/mol. The summed E-state index contributed by atoms with van der Waals surface area (Å²) in [5.41, 5.74) is 1.56. The summed E-state index contributed by atoms with van der Waals surface area (Å²) >= 11 is 6.88. The summed E-state index contributed by atoms with van der Waals surface area (Å²) in [5, 5.41) is 0. The fraction of sp³-hybridized carbons (Fsp3) is 0.0417. The molecule has 1 heterocycles. The smallest absolute Gasteiger partial charge is 0.363 e. The molecule has 4 rings (SSSR count). The van der Waals surface area contributed by atoms with Gasteiger partial charge in [-0.25, -0.2) is 14.6 Å². The van der Waals surface area contributed by atoms with Crippen molar-refractivity contribution in [1.82, 2.24) is 0 Å². The van der Waals surface area contributed by atoms with Crippen molar-refractivity contribution < 1.29 is 23.8 Å². The summed E-state index contributed by atoms with van der Waals surface area (Å²) in [6.07, 6.45) is 1.50. The molecule has 0 amide bonds. The molecule has 160 valence electrons. The third-order valence-electron chi connectivity index (χ3n) is 4.50. The lowest BCUT2D eigenvalue weighted by atomic mass is 10.1. The van der Waals surface area contributed by atoms with Gasteiger partial charge in [-0.05, 0) is 68.3 Å². The van der Waals surface area contributed by atoms with Crippen LogP contribution in [0.25, 0.3) is 6.08 Å². The van der Waals surface area contributed by atoms with E-state index in [1.165, 1.54) is 13.2 Å². The number of rotatable bonds is 5. The average Bonchev–Trinajstić information content (AvgIpc) is 3.18. The number of cyclic esters (lactones) is 1. The van der Waals surface area contributed by atoms with Crippen molar-refractivity contribution in [2.24, 2.45) is 4.99 Å². The molecule has 0 N–H and O–H groups in total. The fourth-order valence-corrected chi connectivity index (χ4v) is 4.54. The summed E-state index contributed by atoms with van der Waals surface area (Å²) in [6.45, 7) is 0. The molecule has 3 aromatic rings. The lowest BCUT2D eigenvalue weighted by molar-refractivity contribution is -0.129. The number of carbonyl (C=O) groups excluding carboxylic acids is 2. The first-order valence-corrected chi connectivity index (χ1v) is 11.0. The monoisotopic (exact) mass is 555 g/mol. The quantitative estimate of drug-likeness (QED) is 0.226. The highest BCUT2D eigenvalue weighted by molar-refractivity contribution is 9.11. The standard InChI is InChI=1S/C24H15Br2NO5/c1-30-21-17(25)12-16(20(19(21)26)31-23(28)15-10-6-3-7-11-15)13-18-24(29)32-22(27-18)14-8-4-2-5-9-14/h2-13H,1H3/b18-13-. The molecule has 1 aliphatic rings. The van der Waals surface area contributed by atoms with Crippen LogP contribution >= 0.6 is 31.9 Å². The molecule has 8 heteroatoms. The van der Waals surface area contributed by atoms with Gasteiger partial charge in [0.25, 0.3) is 0 Å². The first-order chi connectivity index (χ1) is 15.5. The number of hydrogen-bond acceptors (Lipinski definition) is 6. The second kappa shape index (κ2) is 9.50. The van der Waals surface area contributed by atoms with Gasteiger partial charge in [-0.1, -0.05) is 36.4 Å². The Labute approximate surface area is 200 Å². The summed E-state index contributed by atoms with van der Waals surface area (Å²) < 4.78 is 17.4. The van der Waals surface area contributed by atoms with E-state index in [1.807, 2.05) is 18.2 Å². The molecular weight excluding hydrogens is 542 g/mol. The Bertz CT molecular complexity index is 1250. The summed E-state index contributed by atoms with van der Waals surface area (Å²) in [6, 6.07) is 19.4. The molecule has 6 nitrogen and oxygen atoms in total. The highest BCUT2D eigenvalue weighted by Gasteiger charge is 2.26. The van der Waals surface area contributed by atoms with Crippen LogP contribution in [0.1, 0.15) is 21.5 Å². The molecule has 0 fully saturated rings. The van der Waals surface area contributed by atoms with Gasteiger partial charge in [0.1, 0.15) is 4.47 Å². The molecule has 0 unspecified atom stereocenters. The third kappa shape index (κ3) is 4.51. The van der Waals surface area contributed by atoms with Crippen LogP contribution in [0.3, 0.4) is 0 Å². The van der Waals surface area contributed by atoms with E-state index in [0.717, 1.165) is 0 Å². The largest absolute Gasteiger partial charge is 0.494 e. The number of aliphatic imine (C=N–C) groups is 1. The van der Waals surface area contributed by atoms with Gasteiger partial charge in [0, 0.05) is 11.1 Å². The Hall–Kier alpha value is -3.23. The predicted octanol–water partition coefficient (Wildman–Crippen LogP) is 5.78. The molecule has 0 saturated heterocycles. The van der Waals surface area contributed by atoms with E-state index in [4.69, 9.17) is 14.2 Å². The van der Waals surface area contributed by atoms with E-state index in [0.29, 0.717) is 31.4 Å². The molecule has 0 bridgehead atoms. The molecule has 0 radical (unpaired) electrons. The minimum Gasteiger partial charge on any atom is -0.494 e. The van der Waals surface area contributed by atoms with Crippen LogP contribution in [0, 0.1) is 0 Å². The Balaban J connectivity index is 1.77. The van der Waals surface area contributed by atoms with Crippen LogP contribution in [0.2, 0.25) is 0 Å². The average molecular weight is 557 g/mol. The van der Waals surface area contributed by atoms with Gasteiger partial charge in [0.05, 0.1) is 17.1 Å². The maximum atomic E-state index is 12.7. The lowest BCUT2D eigenvalue weighted by Crippen LogP contribution is -2.10. The Morgan fingerprint density at radius 2 is 1.66 bits per heavy atom. The van der Waals surface area contributed by atoms with Crippen molar-refractivity contribution in [2.45, 2.75) is 0 Å². The van der Waals surface area contributed by atoms with Crippen molar-refractivity contribution in [3.63, 3.8) is 0 Å². The van der Waals surface area contributed by atoms with Crippen molar-refractivity contribution in [2.75, 3.05) is 7.11 Å². The van der Waals surface area contributed by atoms with E-state index in [2.05, 4.69) is 36.9 Å². The number of benzene rings is 3. The molecule has 3 aromatic carbocycles. The summed E-state index contributed by atoms with van der Waals surface area (Å²) in [4.78, 5) is 29.5. The number of carbonyl (C=O) groups is 2. The van der Waals surface area contributed by atoms with Crippen LogP contribution in [0.4, 0.5) is 0 Å². The minimum atomic E-state index is -0.604. The molecule has 0 aromatic heterocycles. The van der Waals surface area contributed by atoms with Crippen LogP contribution in [-0.4, -0.2) is 24.9 Å². The van der Waals surface area contributed by atoms with Crippen molar-refractivity contribution >= 4 is 55.8 Å². The molecule has 0 aliphatic carbocycles. The first-order valence-electron chi connectivity index (χ1n) is 9.39. The number of halogens is 2. The molecule has 32 heavy (non-hydrogen) atoms. The van der Waals surface area contributed by atoms with Crippen molar-refractivity contribution in [3.05, 3.63) is 98.1 Å². The Morgan fingerprint density at radius 3 is 2.31 bits per heavy atom. The molecule has 1 aliphatic heterocycles. The highest BCUT2D eigenvalue weighted by Crippen LogP contribution is 2.44. The zero-order valence-corrected chi connectivity index (χ0v) is 19.8. The van der Waals surface area contributed by atoms with Crippen LogP contribution < -0.4 is 9.47 Å². The number of nitrogens with zero attached hydrogens (tertiary/aromatic N) is 1. The number of ether oxygens (including phenoxy) is 3. The van der Waals surface area contributed by atoms with Crippen molar-refractivity contribution in [3.8, 4) is 11.5 Å². The maximum absolute atomic E-state index is 12.7. The van der Waals surface area contributed by atoms with E-state index in [-0.39, 0.29) is 17.3 Å². The number of methoxy groups -OCH3 is 1. The van der Waals surface area contributed by atoms with E-state index >= 15 is 0 Å². The molecular formula is C24H15Br2NO5. The highest BCUT2D eigenvalue weighted by atomic mass is 79.9. The fourth-order valence-electron chi connectivity index (χ4n) is 2.99. The van der Waals surface area contributed by atoms with Crippen molar-refractivity contribution in [1.29, 1.82) is 0 Å². The summed E-state index contributed by atoms with van der Waals surface area (Å²) in [5.74, 6) is -0.338. The lowest BCUT2D eigenvalue weighted by Gasteiger charge is -2.14. The van der Waals surface area contributed by atoms with Crippen LogP contribution in [-0.2, 0) is 9.53 Å². The van der Waals surface area contributed by atoms with Crippen LogP contribution in [0.5, 0.6) is 11.5 Å². The van der Waals surface area contributed by atoms with E-state index in [1.54, 1.807) is 48.5 Å². The molecule has 0 spiro atoms. The normalized spacial score (nSPS) is 14.2. The number of esters is 2. The van der Waals surface area contributed by atoms with Crippen LogP contribution in [0.15, 0.2) is 86.4 Å². The molecule has 0 atom stereocenters. The van der Waals surface area contributed by atoms with Gasteiger partial charge in [-0.3, -0.25) is 0 Å². The van der Waals surface area contributed by atoms with E-state index < -0.39 is 11.9 Å². The van der Waals surface area contributed by atoms with Gasteiger partial charge in [-0.15, -0.1) is 0 Å². The maximum Gasteiger partial charge on any atom is 0.363 e. The third-order valence-corrected chi connectivity index (χ3v) is 5.81. The van der Waals surface area contributed by atoms with Gasteiger partial charge >= 0.3 is 11.9 Å². The zero-order chi connectivity index (χ0) is 22.7. The van der Waals surface area contributed by atoms with Gasteiger partial charge in [0.15, 0.2) is 17.2 Å². The van der Waals surface area contributed by atoms with E-state index in [9.17, 15) is 9.59 Å². The van der Waals surface area contributed by atoms with Gasteiger partial charge < -0.3 is 14.2 Å². The van der Waals surface area contributed by atoms with Gasteiger partial charge in [-0.2, -0.15) is 0 Å². The second-order valence-electron chi connectivity index (χ2n) is 6.58. The molecule has 0 saturated carbocycles. The zero-order valence-electron chi connectivity index (χ0n) is 16.7. The summed E-state index contributed by atoms with van der Waals surface area (Å²) in [7, 11) is 1.50. The topological polar surface area (TPSA) is 74.2 Å². The van der Waals surface area contributed by atoms with Gasteiger partial charge in [0.2, 0.25) is 5.90 Å². The second-order valence-corrected chi connectivity index (χ2v) is 8.23. The Morgan fingerprint density at radius 1 is 1.00 bits per heavy atom. The SMILES string of the molecule is COc1c(Br)cc(/C=C2\N=C(c3ccccc3)OC2=O)c(OC(=O)c2ccccc2)c1Br. The first kappa shape index (κ1) is 22.0. The Kier molecular flexibility index (Phi) is 6.53. The number of hydrogen-bond donors (Lipinski definition) is 0. The minimum absolute atomic E-state index is 0.0739.